The fourth-order valence-corrected chi connectivity index (χ4v) is 4.29. The molecule has 0 radical (unpaired) electrons. The molecule has 0 saturated carbocycles. The van der Waals surface area contributed by atoms with Gasteiger partial charge in [-0.25, -0.2) is 4.79 Å². The van der Waals surface area contributed by atoms with Crippen molar-refractivity contribution in [2.24, 2.45) is 0 Å². The largest absolute Gasteiger partial charge is 0.508 e. The summed E-state index contributed by atoms with van der Waals surface area (Å²) in [5.74, 6) is -0.114. The maximum Gasteiger partial charge on any atom is 0.339 e. The van der Waals surface area contributed by atoms with E-state index in [2.05, 4.69) is 11.9 Å². The highest BCUT2D eigenvalue weighted by Gasteiger charge is 2.40. The summed E-state index contributed by atoms with van der Waals surface area (Å²) in [6.07, 6.45) is 6.04. The van der Waals surface area contributed by atoms with Crippen LogP contribution in [0.15, 0.2) is 54.6 Å². The quantitative estimate of drug-likeness (QED) is 0.505. The van der Waals surface area contributed by atoms with Crippen molar-refractivity contribution in [1.82, 2.24) is 4.90 Å². The lowest BCUT2D eigenvalue weighted by Crippen LogP contribution is -2.43. The van der Waals surface area contributed by atoms with Crippen LogP contribution in [0.4, 0.5) is 0 Å². The highest BCUT2D eigenvalue weighted by atomic mass is 16.5. The number of ether oxygens (including phenoxy) is 1. The number of hydrogen-bond acceptors (Lipinski definition) is 4. The van der Waals surface area contributed by atoms with Gasteiger partial charge in [-0.1, -0.05) is 42.5 Å². The summed E-state index contributed by atoms with van der Waals surface area (Å²) >= 11 is 0. The number of carbonyl (C=O) groups excluding carboxylic acids is 1. The van der Waals surface area contributed by atoms with E-state index in [4.69, 9.17) is 4.74 Å². The fraction of sp³-hybridized carbons (Fsp3) is 0.348. The van der Waals surface area contributed by atoms with E-state index in [-0.39, 0.29) is 17.8 Å². The lowest BCUT2D eigenvalue weighted by Gasteiger charge is -2.35. The molecule has 2 aliphatic heterocycles. The average Bonchev–Trinajstić information content (AvgIpc) is 2.89. The molecule has 2 fully saturated rings. The average molecular weight is 363 g/mol. The Morgan fingerprint density at radius 1 is 1.04 bits per heavy atom. The molecule has 2 aromatic rings. The number of fused-ring (bicyclic) bond motifs is 2. The molecule has 2 aliphatic rings. The number of phenolic OH excluding ortho intramolecular Hbond substituents is 1. The van der Waals surface area contributed by atoms with Crippen LogP contribution in [0.2, 0.25) is 0 Å². The summed E-state index contributed by atoms with van der Waals surface area (Å²) in [4.78, 5) is 15.5. The second-order valence-corrected chi connectivity index (χ2v) is 7.56. The van der Waals surface area contributed by atoms with Gasteiger partial charge in [0.05, 0.1) is 5.57 Å². The van der Waals surface area contributed by atoms with E-state index in [0.717, 1.165) is 24.0 Å². The first-order valence-corrected chi connectivity index (χ1v) is 9.59. The van der Waals surface area contributed by atoms with Crippen molar-refractivity contribution in [3.63, 3.8) is 0 Å². The molecule has 2 saturated heterocycles. The SMILES string of the molecule is CN1[C@@H]2CC[C@H]1CC(OC(=O)/C(=C/c1ccccc1)c1ccc(O)cc1)C2. The molecular formula is C23H25NO3. The summed E-state index contributed by atoms with van der Waals surface area (Å²) in [7, 11) is 2.18. The van der Waals surface area contributed by atoms with E-state index in [1.54, 1.807) is 24.3 Å². The highest BCUT2D eigenvalue weighted by Crippen LogP contribution is 2.36. The van der Waals surface area contributed by atoms with Crippen LogP contribution in [0.3, 0.4) is 0 Å². The van der Waals surface area contributed by atoms with Gasteiger partial charge in [0.25, 0.3) is 0 Å². The molecule has 27 heavy (non-hydrogen) atoms. The Hall–Kier alpha value is -2.59. The van der Waals surface area contributed by atoms with Crippen LogP contribution in [0.1, 0.15) is 36.8 Å². The maximum absolute atomic E-state index is 13.0. The van der Waals surface area contributed by atoms with Crippen molar-refractivity contribution < 1.29 is 14.6 Å². The minimum Gasteiger partial charge on any atom is -0.508 e. The number of aromatic hydroxyl groups is 1. The number of rotatable bonds is 4. The van der Waals surface area contributed by atoms with E-state index in [9.17, 15) is 9.90 Å². The number of nitrogens with zero attached hydrogens (tertiary/aromatic N) is 1. The maximum atomic E-state index is 13.0. The highest BCUT2D eigenvalue weighted by molar-refractivity contribution is 6.21. The Kier molecular flexibility index (Phi) is 4.99. The van der Waals surface area contributed by atoms with Gasteiger partial charge in [0.15, 0.2) is 0 Å². The molecule has 4 heteroatoms. The first kappa shape index (κ1) is 17.8. The van der Waals surface area contributed by atoms with Gasteiger partial charge in [0.1, 0.15) is 11.9 Å². The Morgan fingerprint density at radius 3 is 2.30 bits per heavy atom. The summed E-state index contributed by atoms with van der Waals surface area (Å²) < 4.78 is 5.94. The van der Waals surface area contributed by atoms with Gasteiger partial charge in [-0.3, -0.25) is 0 Å². The van der Waals surface area contributed by atoms with E-state index < -0.39 is 0 Å². The zero-order valence-corrected chi connectivity index (χ0v) is 15.5. The van der Waals surface area contributed by atoms with E-state index >= 15 is 0 Å². The van der Waals surface area contributed by atoms with E-state index in [0.29, 0.717) is 17.7 Å². The molecule has 0 spiro atoms. The van der Waals surface area contributed by atoms with Gasteiger partial charge in [-0.15, -0.1) is 0 Å². The molecule has 3 atom stereocenters. The van der Waals surface area contributed by atoms with E-state index in [1.165, 1.54) is 12.8 Å². The number of esters is 1. The number of phenols is 1. The standard InChI is InChI=1S/C23H25NO3/c1-24-18-9-10-19(24)15-21(14-18)27-23(26)22(13-16-5-3-2-4-6-16)17-7-11-20(25)12-8-17/h2-8,11-13,18-19,21,25H,9-10,14-15H2,1H3/b22-13+/t18-,19+,21?. The van der Waals surface area contributed by atoms with Crippen LogP contribution >= 0.6 is 0 Å². The molecule has 1 unspecified atom stereocenters. The fourth-order valence-electron chi connectivity index (χ4n) is 4.29. The van der Waals surface area contributed by atoms with E-state index in [1.807, 2.05) is 36.4 Å². The molecule has 4 rings (SSSR count). The minimum absolute atomic E-state index is 0.0255. The predicted molar refractivity (Wildman–Crippen MR) is 106 cm³/mol. The van der Waals surface area contributed by atoms with Gasteiger partial charge >= 0.3 is 5.97 Å². The van der Waals surface area contributed by atoms with Crippen molar-refractivity contribution in [3.05, 3.63) is 65.7 Å². The monoisotopic (exact) mass is 363 g/mol. The van der Waals surface area contributed by atoms with Crippen molar-refractivity contribution in [3.8, 4) is 5.75 Å². The van der Waals surface area contributed by atoms with Gasteiger partial charge in [-0.05, 0) is 49.2 Å². The third-order valence-electron chi connectivity index (χ3n) is 5.84. The van der Waals surface area contributed by atoms with Crippen LogP contribution in [-0.2, 0) is 9.53 Å². The molecule has 140 valence electrons. The summed E-state index contributed by atoms with van der Waals surface area (Å²) in [6.45, 7) is 0. The molecule has 2 heterocycles. The Balaban J connectivity index is 1.57. The van der Waals surface area contributed by atoms with Gasteiger partial charge in [-0.2, -0.15) is 0 Å². The lowest BCUT2D eigenvalue weighted by molar-refractivity contribution is -0.144. The van der Waals surface area contributed by atoms with Crippen molar-refractivity contribution in [2.45, 2.75) is 43.9 Å². The molecule has 2 bridgehead atoms. The molecule has 0 amide bonds. The molecule has 0 aliphatic carbocycles. The molecule has 4 nitrogen and oxygen atoms in total. The van der Waals surface area contributed by atoms with Crippen LogP contribution in [0.5, 0.6) is 5.75 Å². The predicted octanol–water partition coefficient (Wildman–Crippen LogP) is 4.10. The van der Waals surface area contributed by atoms with Crippen LogP contribution in [0, 0.1) is 0 Å². The van der Waals surface area contributed by atoms with Crippen LogP contribution in [0.25, 0.3) is 11.6 Å². The minimum atomic E-state index is -0.293. The van der Waals surface area contributed by atoms with Crippen LogP contribution in [-0.4, -0.2) is 41.2 Å². The molecule has 2 aromatic carbocycles. The normalized spacial score (nSPS) is 25.4. The molecule has 0 aromatic heterocycles. The Morgan fingerprint density at radius 2 is 1.67 bits per heavy atom. The number of piperidine rings is 1. The van der Waals surface area contributed by atoms with Gasteiger partial charge < -0.3 is 14.7 Å². The Bertz CT molecular complexity index is 814. The third kappa shape index (κ3) is 3.91. The second-order valence-electron chi connectivity index (χ2n) is 7.56. The van der Waals surface area contributed by atoms with Gasteiger partial charge in [0, 0.05) is 24.9 Å². The van der Waals surface area contributed by atoms with Gasteiger partial charge in [0.2, 0.25) is 0 Å². The van der Waals surface area contributed by atoms with Crippen molar-refractivity contribution in [1.29, 1.82) is 0 Å². The third-order valence-corrected chi connectivity index (χ3v) is 5.84. The van der Waals surface area contributed by atoms with Crippen molar-refractivity contribution >= 4 is 17.6 Å². The summed E-state index contributed by atoms with van der Waals surface area (Å²) in [6, 6.07) is 17.5. The number of benzene rings is 2. The van der Waals surface area contributed by atoms with Crippen molar-refractivity contribution in [2.75, 3.05) is 7.05 Å². The number of carbonyl (C=O) groups is 1. The zero-order chi connectivity index (χ0) is 18.8. The second kappa shape index (κ2) is 7.57. The Labute approximate surface area is 160 Å². The molecular weight excluding hydrogens is 338 g/mol. The smallest absolute Gasteiger partial charge is 0.339 e. The first-order valence-electron chi connectivity index (χ1n) is 9.59. The zero-order valence-electron chi connectivity index (χ0n) is 15.5. The molecule has 1 N–H and O–H groups in total. The first-order chi connectivity index (χ1) is 13.1. The summed E-state index contributed by atoms with van der Waals surface area (Å²) in [5.41, 5.74) is 2.21. The summed E-state index contributed by atoms with van der Waals surface area (Å²) in [5, 5.41) is 9.58. The lowest BCUT2D eigenvalue weighted by atomic mass is 9.99. The topological polar surface area (TPSA) is 49.8 Å². The number of hydrogen-bond donors (Lipinski definition) is 1. The van der Waals surface area contributed by atoms with Crippen LogP contribution < -0.4 is 0 Å².